The molecule has 3 aliphatic rings. The van der Waals surface area contributed by atoms with Crippen LogP contribution >= 0.6 is 0 Å². The molecule has 1 aromatic carbocycles. The smallest absolute Gasteiger partial charge is 0.220 e. The lowest BCUT2D eigenvalue weighted by molar-refractivity contribution is -0.119. The summed E-state index contributed by atoms with van der Waals surface area (Å²) in [6.45, 7) is 1.18. The third kappa shape index (κ3) is 1.96. The average Bonchev–Trinajstić information content (AvgIpc) is 2.85. The summed E-state index contributed by atoms with van der Waals surface area (Å²) in [4.78, 5) is 14.5. The molecule has 3 heteroatoms. The molecule has 1 aromatic rings. The number of nitrogens with one attached hydrogen (secondary N) is 1. The van der Waals surface area contributed by atoms with Crippen molar-refractivity contribution in [2.45, 2.75) is 50.2 Å². The second-order valence-electron chi connectivity index (χ2n) is 6.54. The lowest BCUT2D eigenvalue weighted by atomic mass is 9.77. The van der Waals surface area contributed by atoms with Gasteiger partial charge < -0.3 is 5.32 Å². The molecule has 1 N–H and O–H groups in total. The van der Waals surface area contributed by atoms with E-state index in [0.29, 0.717) is 24.0 Å². The Kier molecular flexibility index (Phi) is 3.03. The number of piperidine rings is 2. The Balaban J connectivity index is 1.72. The normalized spacial score (nSPS) is 37.1. The van der Waals surface area contributed by atoms with Crippen molar-refractivity contribution in [1.82, 2.24) is 10.2 Å². The largest absolute Gasteiger partial charge is 0.351 e. The Morgan fingerprint density at radius 3 is 2.85 bits per heavy atom. The maximum Gasteiger partial charge on any atom is 0.220 e. The van der Waals surface area contributed by atoms with Crippen molar-refractivity contribution < 1.29 is 4.79 Å². The summed E-state index contributed by atoms with van der Waals surface area (Å²) in [5, 5.41) is 3.26. The molecule has 4 atom stereocenters. The van der Waals surface area contributed by atoms with Crippen LogP contribution in [0.3, 0.4) is 0 Å². The number of hydrogen-bond donors (Lipinski definition) is 1. The van der Waals surface area contributed by atoms with Gasteiger partial charge in [-0.1, -0.05) is 36.8 Å². The third-order valence-electron chi connectivity index (χ3n) is 5.37. The average molecular weight is 270 g/mol. The van der Waals surface area contributed by atoms with E-state index in [2.05, 4.69) is 40.5 Å². The predicted molar refractivity (Wildman–Crippen MR) is 78.2 cm³/mol. The van der Waals surface area contributed by atoms with Crippen molar-refractivity contribution in [3.8, 4) is 0 Å². The predicted octanol–water partition coefficient (Wildman–Crippen LogP) is 2.49. The summed E-state index contributed by atoms with van der Waals surface area (Å²) in [5.41, 5.74) is 1.37. The second kappa shape index (κ2) is 4.88. The van der Waals surface area contributed by atoms with Crippen molar-refractivity contribution in [2.75, 3.05) is 6.54 Å². The molecule has 3 heterocycles. The van der Waals surface area contributed by atoms with E-state index in [1.54, 1.807) is 0 Å². The van der Waals surface area contributed by atoms with Gasteiger partial charge in [0, 0.05) is 12.5 Å². The lowest BCUT2D eigenvalue weighted by Crippen LogP contribution is -2.55. The number of carbonyl (C=O) groups is 1. The van der Waals surface area contributed by atoms with Gasteiger partial charge in [-0.15, -0.1) is 0 Å². The van der Waals surface area contributed by atoms with Crippen LogP contribution in [-0.4, -0.2) is 29.4 Å². The Hall–Kier alpha value is -1.35. The van der Waals surface area contributed by atoms with Gasteiger partial charge in [0.05, 0.1) is 12.1 Å². The Morgan fingerprint density at radius 1 is 1.15 bits per heavy atom. The van der Waals surface area contributed by atoms with Crippen LogP contribution in [0.2, 0.25) is 0 Å². The molecule has 0 aromatic heterocycles. The molecular formula is C17H22N2O. The van der Waals surface area contributed by atoms with Crippen molar-refractivity contribution >= 4 is 5.91 Å². The lowest BCUT2D eigenvalue weighted by Gasteiger charge is -2.50. The number of carbonyl (C=O) groups excluding carboxylic acids is 1. The summed E-state index contributed by atoms with van der Waals surface area (Å²) in [5.74, 6) is 0.785. The molecule has 1 amide bonds. The molecule has 0 unspecified atom stereocenters. The van der Waals surface area contributed by atoms with E-state index in [0.717, 1.165) is 6.42 Å². The topological polar surface area (TPSA) is 32.3 Å². The number of rotatable bonds is 1. The molecular weight excluding hydrogens is 248 g/mol. The highest BCUT2D eigenvalue weighted by molar-refractivity contribution is 5.79. The fraction of sp³-hybridized carbons (Fsp3) is 0.588. The van der Waals surface area contributed by atoms with Crippen LogP contribution in [0.15, 0.2) is 30.3 Å². The zero-order valence-corrected chi connectivity index (χ0v) is 11.8. The molecule has 0 saturated carbocycles. The van der Waals surface area contributed by atoms with Gasteiger partial charge in [0.2, 0.25) is 5.91 Å². The molecule has 3 aliphatic heterocycles. The highest BCUT2D eigenvalue weighted by Crippen LogP contribution is 2.44. The van der Waals surface area contributed by atoms with Gasteiger partial charge in [-0.05, 0) is 37.3 Å². The van der Waals surface area contributed by atoms with E-state index in [4.69, 9.17) is 0 Å². The molecule has 20 heavy (non-hydrogen) atoms. The van der Waals surface area contributed by atoms with E-state index in [1.807, 2.05) is 0 Å². The van der Waals surface area contributed by atoms with Crippen molar-refractivity contribution in [2.24, 2.45) is 5.92 Å². The molecule has 0 spiro atoms. The van der Waals surface area contributed by atoms with Gasteiger partial charge in [0.15, 0.2) is 0 Å². The van der Waals surface area contributed by atoms with Gasteiger partial charge >= 0.3 is 0 Å². The number of hydrogen-bond acceptors (Lipinski definition) is 2. The van der Waals surface area contributed by atoms with Crippen LogP contribution in [-0.2, 0) is 4.79 Å². The van der Waals surface area contributed by atoms with Crippen molar-refractivity contribution in [1.29, 1.82) is 0 Å². The first-order chi connectivity index (χ1) is 9.83. The summed E-state index contributed by atoms with van der Waals surface area (Å²) < 4.78 is 0. The van der Waals surface area contributed by atoms with E-state index in [9.17, 15) is 4.79 Å². The van der Waals surface area contributed by atoms with E-state index in [1.165, 1.54) is 37.8 Å². The maximum absolute atomic E-state index is 11.9. The first kappa shape index (κ1) is 12.4. The minimum Gasteiger partial charge on any atom is -0.351 e. The van der Waals surface area contributed by atoms with Crippen LogP contribution in [0.1, 0.15) is 43.7 Å². The van der Waals surface area contributed by atoms with Gasteiger partial charge in [-0.25, -0.2) is 0 Å². The molecule has 4 rings (SSSR count). The van der Waals surface area contributed by atoms with E-state index < -0.39 is 0 Å². The van der Waals surface area contributed by atoms with Crippen LogP contribution in [0.25, 0.3) is 0 Å². The molecule has 0 aliphatic carbocycles. The molecule has 3 saturated heterocycles. The zero-order valence-electron chi connectivity index (χ0n) is 11.8. The monoisotopic (exact) mass is 270 g/mol. The summed E-state index contributed by atoms with van der Waals surface area (Å²) in [6.07, 6.45) is 5.89. The molecule has 3 fully saturated rings. The van der Waals surface area contributed by atoms with Gasteiger partial charge in [-0.3, -0.25) is 9.69 Å². The minimum atomic E-state index is 0.251. The van der Waals surface area contributed by atoms with Gasteiger partial charge in [-0.2, -0.15) is 0 Å². The highest BCUT2D eigenvalue weighted by atomic mass is 16.2. The van der Waals surface area contributed by atoms with E-state index in [-0.39, 0.29) is 5.91 Å². The number of amides is 1. The maximum atomic E-state index is 11.9. The van der Waals surface area contributed by atoms with Crippen molar-refractivity contribution in [3.05, 3.63) is 35.9 Å². The van der Waals surface area contributed by atoms with E-state index >= 15 is 0 Å². The SMILES string of the molecule is O=C1C[C@@H]2C[C@H]3CCCCN3[C@H](c3ccccc3)[C@H]2N1. The van der Waals surface area contributed by atoms with Crippen LogP contribution < -0.4 is 5.32 Å². The second-order valence-corrected chi connectivity index (χ2v) is 6.54. The fourth-order valence-corrected chi connectivity index (χ4v) is 4.54. The Labute approximate surface area is 120 Å². The number of nitrogens with zero attached hydrogens (tertiary/aromatic N) is 1. The first-order valence-corrected chi connectivity index (χ1v) is 7.93. The Bertz CT molecular complexity index is 501. The number of benzene rings is 1. The first-order valence-electron chi connectivity index (χ1n) is 7.93. The number of fused-ring (bicyclic) bond motifs is 2. The van der Waals surface area contributed by atoms with Crippen molar-refractivity contribution in [3.63, 3.8) is 0 Å². The van der Waals surface area contributed by atoms with Gasteiger partial charge in [0.25, 0.3) is 0 Å². The highest BCUT2D eigenvalue weighted by Gasteiger charge is 2.48. The van der Waals surface area contributed by atoms with Crippen LogP contribution in [0.5, 0.6) is 0 Å². The zero-order chi connectivity index (χ0) is 13.5. The fourth-order valence-electron chi connectivity index (χ4n) is 4.54. The summed E-state index contributed by atoms with van der Waals surface area (Å²) in [6, 6.07) is 12.1. The third-order valence-corrected chi connectivity index (χ3v) is 5.37. The van der Waals surface area contributed by atoms with Gasteiger partial charge in [0.1, 0.15) is 0 Å². The molecule has 106 valence electrons. The molecule has 0 bridgehead atoms. The molecule has 3 nitrogen and oxygen atoms in total. The minimum absolute atomic E-state index is 0.251. The van der Waals surface area contributed by atoms with Crippen LogP contribution in [0, 0.1) is 5.92 Å². The summed E-state index contributed by atoms with van der Waals surface area (Å²) >= 11 is 0. The summed E-state index contributed by atoms with van der Waals surface area (Å²) in [7, 11) is 0. The molecule has 0 radical (unpaired) electrons. The Morgan fingerprint density at radius 2 is 2.00 bits per heavy atom. The quantitative estimate of drug-likeness (QED) is 0.850. The van der Waals surface area contributed by atoms with Crippen LogP contribution in [0.4, 0.5) is 0 Å². The standard InChI is InChI=1S/C17H22N2O/c20-15-11-13-10-14-8-4-5-9-19(14)17(16(13)18-15)12-6-2-1-3-7-12/h1-3,6-7,13-14,16-17H,4-5,8-11H2,(H,18,20)/t13-,14+,16-,17+/m0/s1.